The van der Waals surface area contributed by atoms with Gasteiger partial charge in [0.1, 0.15) is 17.3 Å². The first-order valence-electron chi connectivity index (χ1n) is 13.8. The van der Waals surface area contributed by atoms with Gasteiger partial charge in [-0.15, -0.1) is 0 Å². The minimum absolute atomic E-state index is 0.0743. The summed E-state index contributed by atoms with van der Waals surface area (Å²) in [7, 11) is 1.87. The Labute approximate surface area is 231 Å². The Morgan fingerprint density at radius 2 is 1.95 bits per heavy atom. The monoisotopic (exact) mass is 533 g/mol. The smallest absolute Gasteiger partial charge is 0.328 e. The van der Waals surface area contributed by atoms with Crippen molar-refractivity contribution in [1.29, 1.82) is 0 Å². The second kappa shape index (κ2) is 12.9. The normalized spacial score (nSPS) is 21.1. The van der Waals surface area contributed by atoms with Crippen molar-refractivity contribution in [2.75, 3.05) is 13.6 Å². The molecule has 2 heterocycles. The third-order valence-corrected chi connectivity index (χ3v) is 7.86. The molecule has 1 aromatic carbocycles. The lowest BCUT2D eigenvalue weighted by molar-refractivity contribution is -0.132. The molecule has 3 aliphatic rings. The average Bonchev–Trinajstić information content (AvgIpc) is 3.40. The topological polar surface area (TPSA) is 73.2 Å². The minimum Gasteiger partial charge on any atom is -0.478 e. The number of aliphatic imine (C=N–C) groups is 1. The molecule has 1 fully saturated rings. The second-order valence-corrected chi connectivity index (χ2v) is 10.0. The number of allylic oxidation sites excluding steroid dienone is 5. The Hall–Kier alpha value is -3.74. The van der Waals surface area contributed by atoms with E-state index in [9.17, 15) is 14.0 Å². The molecule has 1 saturated heterocycles. The lowest BCUT2D eigenvalue weighted by Gasteiger charge is -2.47. The molecule has 1 aliphatic carbocycles. The molecular weight excluding hydrogens is 493 g/mol. The summed E-state index contributed by atoms with van der Waals surface area (Å²) >= 11 is 0. The Morgan fingerprint density at radius 3 is 2.56 bits per heavy atom. The number of carbonyl (C=O) groups excluding carboxylic acids is 1. The summed E-state index contributed by atoms with van der Waals surface area (Å²) in [6.45, 7) is 12.9. The lowest BCUT2D eigenvalue weighted by Crippen LogP contribution is -2.54. The standard InChI is InChI=1S/C30H34FN3O3.C2H6/c1-5-23-19-26(29(37)34-16-8-15-30(21(34)3)13-6-7-14-30)32-27(33(23)4)17-20(2)24-11-9-22(18-25(24)31)10-12-28(35)36;1-2/h6-7,9-12,17-19,21H,2,5,8,13-16H2,1,3-4H3,(H,35,36);1-2H3/b12-10+,27-17-;. The molecule has 1 unspecified atom stereocenters. The van der Waals surface area contributed by atoms with Crippen LogP contribution in [0.25, 0.3) is 11.6 Å². The molecule has 2 aliphatic heterocycles. The zero-order valence-electron chi connectivity index (χ0n) is 23.7. The number of rotatable bonds is 6. The van der Waals surface area contributed by atoms with Gasteiger partial charge >= 0.3 is 5.97 Å². The van der Waals surface area contributed by atoms with E-state index in [2.05, 4.69) is 25.7 Å². The van der Waals surface area contributed by atoms with Gasteiger partial charge in [0, 0.05) is 37.0 Å². The average molecular weight is 534 g/mol. The van der Waals surface area contributed by atoms with Crippen molar-refractivity contribution in [3.05, 3.63) is 83.6 Å². The molecule has 39 heavy (non-hydrogen) atoms. The predicted octanol–water partition coefficient (Wildman–Crippen LogP) is 6.83. The number of benzene rings is 1. The number of carboxylic acids is 1. The number of piperidine rings is 1. The molecule has 1 aromatic rings. The molecule has 4 rings (SSSR count). The molecule has 208 valence electrons. The molecular formula is C32H40FN3O3. The van der Waals surface area contributed by atoms with E-state index in [1.807, 2.05) is 43.7 Å². The van der Waals surface area contributed by atoms with Crippen LogP contribution < -0.4 is 0 Å². The molecule has 7 heteroatoms. The van der Waals surface area contributed by atoms with E-state index in [0.717, 1.165) is 37.5 Å². The van der Waals surface area contributed by atoms with E-state index in [0.29, 0.717) is 35.6 Å². The maximum atomic E-state index is 14.9. The maximum Gasteiger partial charge on any atom is 0.328 e. The first-order chi connectivity index (χ1) is 18.6. The summed E-state index contributed by atoms with van der Waals surface area (Å²) in [4.78, 5) is 33.0. The summed E-state index contributed by atoms with van der Waals surface area (Å²) < 4.78 is 14.9. The van der Waals surface area contributed by atoms with Gasteiger partial charge in [0.25, 0.3) is 5.91 Å². The van der Waals surface area contributed by atoms with Crippen molar-refractivity contribution in [2.45, 2.75) is 65.8 Å². The van der Waals surface area contributed by atoms with Crippen LogP contribution in [0.3, 0.4) is 0 Å². The second-order valence-electron chi connectivity index (χ2n) is 10.0. The van der Waals surface area contributed by atoms with Crippen molar-refractivity contribution in [1.82, 2.24) is 9.80 Å². The van der Waals surface area contributed by atoms with Crippen LogP contribution in [0.15, 0.2) is 71.7 Å². The minimum atomic E-state index is -1.10. The Balaban J connectivity index is 0.00000205. The van der Waals surface area contributed by atoms with Crippen molar-refractivity contribution >= 4 is 29.2 Å². The number of carboxylic acid groups (broad SMARTS) is 1. The number of nitrogens with zero attached hydrogens (tertiary/aromatic N) is 3. The van der Waals surface area contributed by atoms with Gasteiger partial charge in [0.15, 0.2) is 0 Å². The molecule has 1 N–H and O–H groups in total. The summed E-state index contributed by atoms with van der Waals surface area (Å²) in [5.74, 6) is -1.17. The highest BCUT2D eigenvalue weighted by Crippen LogP contribution is 2.46. The largest absolute Gasteiger partial charge is 0.478 e. The third kappa shape index (κ3) is 6.47. The third-order valence-electron chi connectivity index (χ3n) is 7.86. The summed E-state index contributed by atoms with van der Waals surface area (Å²) in [6.07, 6.45) is 15.1. The Bertz CT molecular complexity index is 1260. The van der Waals surface area contributed by atoms with E-state index in [1.54, 1.807) is 18.2 Å². The molecule has 1 spiro atoms. The van der Waals surface area contributed by atoms with E-state index < -0.39 is 11.8 Å². The van der Waals surface area contributed by atoms with Crippen LogP contribution in [0.5, 0.6) is 0 Å². The van der Waals surface area contributed by atoms with Crippen molar-refractivity contribution < 1.29 is 19.1 Å². The van der Waals surface area contributed by atoms with Crippen molar-refractivity contribution in [3.63, 3.8) is 0 Å². The molecule has 0 radical (unpaired) electrons. The number of hydrogen-bond acceptors (Lipinski definition) is 4. The van der Waals surface area contributed by atoms with Gasteiger partial charge in [-0.1, -0.05) is 51.6 Å². The maximum absolute atomic E-state index is 14.9. The van der Waals surface area contributed by atoms with Crippen LogP contribution in [-0.4, -0.2) is 52.1 Å². The van der Waals surface area contributed by atoms with Gasteiger partial charge in [-0.3, -0.25) is 4.79 Å². The molecule has 0 aromatic heterocycles. The fourth-order valence-corrected chi connectivity index (χ4v) is 5.53. The molecule has 6 nitrogen and oxygen atoms in total. The summed E-state index contributed by atoms with van der Waals surface area (Å²) in [5.41, 5.74) is 2.57. The van der Waals surface area contributed by atoms with Crippen LogP contribution in [0.2, 0.25) is 0 Å². The molecule has 1 atom stereocenters. The molecule has 1 amide bonds. The quantitative estimate of drug-likeness (QED) is 0.321. The van der Waals surface area contributed by atoms with Crippen LogP contribution >= 0.6 is 0 Å². The van der Waals surface area contributed by atoms with Gasteiger partial charge < -0.3 is 14.9 Å². The number of hydrogen-bond donors (Lipinski definition) is 1. The number of halogens is 1. The van der Waals surface area contributed by atoms with E-state index in [-0.39, 0.29) is 22.9 Å². The van der Waals surface area contributed by atoms with Crippen molar-refractivity contribution in [3.8, 4) is 0 Å². The highest BCUT2D eigenvalue weighted by molar-refractivity contribution is 6.43. The summed E-state index contributed by atoms with van der Waals surface area (Å²) in [6, 6.07) is 4.59. The van der Waals surface area contributed by atoms with E-state index in [1.165, 1.54) is 12.1 Å². The Kier molecular flexibility index (Phi) is 9.84. The fourth-order valence-electron chi connectivity index (χ4n) is 5.53. The Morgan fingerprint density at radius 1 is 1.26 bits per heavy atom. The highest BCUT2D eigenvalue weighted by Gasteiger charge is 2.44. The molecule has 0 bridgehead atoms. The van der Waals surface area contributed by atoms with Crippen LogP contribution in [0.4, 0.5) is 4.39 Å². The van der Waals surface area contributed by atoms with E-state index in [4.69, 9.17) is 10.1 Å². The lowest BCUT2D eigenvalue weighted by atomic mass is 9.71. The summed E-state index contributed by atoms with van der Waals surface area (Å²) in [5, 5.41) is 8.79. The van der Waals surface area contributed by atoms with Crippen LogP contribution in [0.1, 0.15) is 70.9 Å². The van der Waals surface area contributed by atoms with Gasteiger partial charge in [0.2, 0.25) is 0 Å². The molecule has 0 saturated carbocycles. The van der Waals surface area contributed by atoms with Gasteiger partial charge in [-0.25, -0.2) is 14.2 Å². The fraction of sp³-hybridized carbons (Fsp3) is 0.406. The number of aliphatic carboxylic acids is 1. The highest BCUT2D eigenvalue weighted by atomic mass is 19.1. The van der Waals surface area contributed by atoms with Crippen molar-refractivity contribution in [2.24, 2.45) is 10.4 Å². The number of likely N-dealkylation sites (tertiary alicyclic amines) is 1. The number of carbonyl (C=O) groups is 2. The van der Waals surface area contributed by atoms with Gasteiger partial charge in [-0.05, 0) is 79.9 Å². The first kappa shape index (κ1) is 29.8. The SMILES string of the molecule is C=C(/C=C1/N=C(C(=O)N2CCCC3(CC=CC3)C2C)C=C(CC)N1C)c1ccc(/C=C/C(=O)O)cc1F.CC. The van der Waals surface area contributed by atoms with E-state index >= 15 is 0 Å². The predicted molar refractivity (Wildman–Crippen MR) is 156 cm³/mol. The van der Waals surface area contributed by atoms with Crippen LogP contribution in [-0.2, 0) is 9.59 Å². The van der Waals surface area contributed by atoms with Crippen LogP contribution in [0, 0.1) is 11.2 Å². The zero-order valence-corrected chi connectivity index (χ0v) is 23.7. The first-order valence-corrected chi connectivity index (χ1v) is 13.8. The number of amides is 1. The van der Waals surface area contributed by atoms with Gasteiger partial charge in [0.05, 0.1) is 0 Å². The zero-order chi connectivity index (χ0) is 28.7. The van der Waals surface area contributed by atoms with Gasteiger partial charge in [-0.2, -0.15) is 0 Å².